The van der Waals surface area contributed by atoms with Crippen LogP contribution >= 0.6 is 0 Å². The molecule has 1 aliphatic heterocycles. The number of aromatic nitrogens is 2. The molecule has 0 unspecified atom stereocenters. The smallest absolute Gasteiger partial charge is 0.372 e. The standard InChI is InChI=1S/C12H18F3N5/c1-16-11-7-17-10(6-18-11)8-19-2-4-20(5-3-19)9-12(13,14)15/h6-7H,2-5,8-9H2,1H3,(H,16,18). The Kier molecular flexibility index (Phi) is 4.77. The number of nitrogens with zero attached hydrogens (tertiary/aromatic N) is 4. The summed E-state index contributed by atoms with van der Waals surface area (Å²) in [6, 6.07) is 0. The van der Waals surface area contributed by atoms with Gasteiger partial charge in [-0.2, -0.15) is 13.2 Å². The maximum atomic E-state index is 12.3. The monoisotopic (exact) mass is 289 g/mol. The Bertz CT molecular complexity index is 412. The summed E-state index contributed by atoms with van der Waals surface area (Å²) in [5.74, 6) is 0.698. The van der Waals surface area contributed by atoms with Crippen molar-refractivity contribution in [3.63, 3.8) is 0 Å². The van der Waals surface area contributed by atoms with Crippen LogP contribution in [0.25, 0.3) is 0 Å². The second kappa shape index (κ2) is 6.36. The van der Waals surface area contributed by atoms with Crippen LogP contribution in [0, 0.1) is 0 Å². The number of hydrogen-bond donors (Lipinski definition) is 1. The van der Waals surface area contributed by atoms with Crippen LogP contribution in [0.3, 0.4) is 0 Å². The fraction of sp³-hybridized carbons (Fsp3) is 0.667. The molecule has 0 bridgehead atoms. The van der Waals surface area contributed by atoms with E-state index in [0.717, 1.165) is 5.69 Å². The summed E-state index contributed by atoms with van der Waals surface area (Å²) in [7, 11) is 1.77. The van der Waals surface area contributed by atoms with Crippen LogP contribution in [0.5, 0.6) is 0 Å². The molecule has 2 rings (SSSR count). The molecule has 20 heavy (non-hydrogen) atoms. The highest BCUT2D eigenvalue weighted by Gasteiger charge is 2.32. The van der Waals surface area contributed by atoms with E-state index in [1.807, 2.05) is 0 Å². The number of anilines is 1. The molecule has 0 atom stereocenters. The van der Waals surface area contributed by atoms with E-state index in [2.05, 4.69) is 20.2 Å². The van der Waals surface area contributed by atoms with Gasteiger partial charge in [-0.15, -0.1) is 0 Å². The Labute approximate surface area is 115 Å². The molecule has 1 aliphatic rings. The van der Waals surface area contributed by atoms with Crippen molar-refractivity contribution in [1.82, 2.24) is 19.8 Å². The molecule has 5 nitrogen and oxygen atoms in total. The number of hydrogen-bond acceptors (Lipinski definition) is 5. The first-order valence-corrected chi connectivity index (χ1v) is 6.46. The molecule has 1 fully saturated rings. The van der Waals surface area contributed by atoms with Crippen molar-refractivity contribution in [3.05, 3.63) is 18.1 Å². The predicted octanol–water partition coefficient (Wildman–Crippen LogP) is 1.20. The summed E-state index contributed by atoms with van der Waals surface area (Å²) in [6.07, 6.45) is -0.778. The molecule has 1 N–H and O–H groups in total. The van der Waals surface area contributed by atoms with Crippen molar-refractivity contribution in [2.24, 2.45) is 0 Å². The Morgan fingerprint density at radius 1 is 1.10 bits per heavy atom. The fourth-order valence-electron chi connectivity index (χ4n) is 2.15. The minimum atomic E-state index is -4.11. The number of rotatable bonds is 4. The third-order valence-corrected chi connectivity index (χ3v) is 3.21. The molecule has 0 amide bonds. The van der Waals surface area contributed by atoms with Crippen molar-refractivity contribution in [3.8, 4) is 0 Å². The van der Waals surface area contributed by atoms with Crippen molar-refractivity contribution >= 4 is 5.82 Å². The van der Waals surface area contributed by atoms with E-state index < -0.39 is 12.7 Å². The third kappa shape index (κ3) is 4.61. The van der Waals surface area contributed by atoms with Crippen LogP contribution in [0.2, 0.25) is 0 Å². The van der Waals surface area contributed by atoms with Crippen LogP contribution in [0.15, 0.2) is 12.4 Å². The molecule has 1 aromatic rings. The lowest BCUT2D eigenvalue weighted by Crippen LogP contribution is -2.48. The Morgan fingerprint density at radius 2 is 1.75 bits per heavy atom. The lowest BCUT2D eigenvalue weighted by atomic mass is 10.3. The highest BCUT2D eigenvalue weighted by atomic mass is 19.4. The predicted molar refractivity (Wildman–Crippen MR) is 69.4 cm³/mol. The van der Waals surface area contributed by atoms with Gasteiger partial charge in [0.1, 0.15) is 5.82 Å². The van der Waals surface area contributed by atoms with Gasteiger partial charge in [-0.25, -0.2) is 4.98 Å². The largest absolute Gasteiger partial charge is 0.401 e. The minimum absolute atomic E-state index is 0.432. The van der Waals surface area contributed by atoms with Crippen molar-refractivity contribution in [2.75, 3.05) is 45.1 Å². The fourth-order valence-corrected chi connectivity index (χ4v) is 2.15. The minimum Gasteiger partial charge on any atom is -0.372 e. The third-order valence-electron chi connectivity index (χ3n) is 3.21. The first kappa shape index (κ1) is 15.0. The van der Waals surface area contributed by atoms with Crippen LogP contribution in [-0.4, -0.2) is 65.7 Å². The topological polar surface area (TPSA) is 44.3 Å². The van der Waals surface area contributed by atoms with Crippen LogP contribution in [0.4, 0.5) is 19.0 Å². The summed E-state index contributed by atoms with van der Waals surface area (Å²) in [5, 5.41) is 2.88. The molecule has 2 heterocycles. The Hall–Kier alpha value is -1.41. The maximum Gasteiger partial charge on any atom is 0.401 e. The number of piperazine rings is 1. The number of halogens is 3. The van der Waals surface area contributed by atoms with Gasteiger partial charge in [0.25, 0.3) is 0 Å². The Morgan fingerprint density at radius 3 is 2.25 bits per heavy atom. The van der Waals surface area contributed by atoms with Crippen LogP contribution < -0.4 is 5.32 Å². The first-order chi connectivity index (χ1) is 9.46. The van der Waals surface area contributed by atoms with E-state index in [1.54, 1.807) is 19.4 Å². The first-order valence-electron chi connectivity index (χ1n) is 6.46. The molecule has 0 spiro atoms. The lowest BCUT2D eigenvalue weighted by molar-refractivity contribution is -0.149. The van der Waals surface area contributed by atoms with Gasteiger partial charge in [-0.05, 0) is 0 Å². The van der Waals surface area contributed by atoms with Gasteiger partial charge in [0.2, 0.25) is 0 Å². The van der Waals surface area contributed by atoms with Gasteiger partial charge < -0.3 is 5.32 Å². The quantitative estimate of drug-likeness (QED) is 0.902. The SMILES string of the molecule is CNc1cnc(CN2CCN(CC(F)(F)F)CC2)cn1. The molecule has 8 heteroatoms. The molecular formula is C12H18F3N5. The summed E-state index contributed by atoms with van der Waals surface area (Å²) >= 11 is 0. The van der Waals surface area contributed by atoms with Crippen LogP contribution in [0.1, 0.15) is 5.69 Å². The number of alkyl halides is 3. The van der Waals surface area contributed by atoms with Crippen LogP contribution in [-0.2, 0) is 6.54 Å². The molecule has 1 aromatic heterocycles. The normalized spacial score (nSPS) is 18.2. The van der Waals surface area contributed by atoms with E-state index in [9.17, 15) is 13.2 Å². The van der Waals surface area contributed by atoms with E-state index >= 15 is 0 Å². The number of nitrogens with one attached hydrogen (secondary N) is 1. The lowest BCUT2D eigenvalue weighted by Gasteiger charge is -2.34. The summed E-state index contributed by atoms with van der Waals surface area (Å²) in [5.41, 5.74) is 0.827. The average molecular weight is 289 g/mol. The highest BCUT2D eigenvalue weighted by Crippen LogP contribution is 2.17. The van der Waals surface area contributed by atoms with Gasteiger partial charge in [0.05, 0.1) is 24.6 Å². The Balaban J connectivity index is 1.79. The zero-order valence-corrected chi connectivity index (χ0v) is 11.3. The summed E-state index contributed by atoms with van der Waals surface area (Å²) in [4.78, 5) is 12.0. The molecule has 0 saturated carbocycles. The van der Waals surface area contributed by atoms with Gasteiger partial charge in [-0.1, -0.05) is 0 Å². The van der Waals surface area contributed by atoms with Gasteiger partial charge in [-0.3, -0.25) is 14.8 Å². The second-order valence-corrected chi connectivity index (χ2v) is 4.81. The van der Waals surface area contributed by atoms with Gasteiger partial charge in [0, 0.05) is 39.8 Å². The van der Waals surface area contributed by atoms with E-state index in [0.29, 0.717) is 38.5 Å². The summed E-state index contributed by atoms with van der Waals surface area (Å²) in [6.45, 7) is 1.90. The molecule has 0 aliphatic carbocycles. The second-order valence-electron chi connectivity index (χ2n) is 4.81. The van der Waals surface area contributed by atoms with E-state index in [1.165, 1.54) is 4.90 Å². The molecule has 0 aromatic carbocycles. The molecule has 1 saturated heterocycles. The van der Waals surface area contributed by atoms with E-state index in [4.69, 9.17) is 0 Å². The van der Waals surface area contributed by atoms with Gasteiger partial charge >= 0.3 is 6.18 Å². The van der Waals surface area contributed by atoms with Crippen molar-refractivity contribution in [1.29, 1.82) is 0 Å². The zero-order chi connectivity index (χ0) is 14.6. The molecule has 112 valence electrons. The zero-order valence-electron chi connectivity index (χ0n) is 11.3. The van der Waals surface area contributed by atoms with Gasteiger partial charge in [0.15, 0.2) is 0 Å². The maximum absolute atomic E-state index is 12.3. The van der Waals surface area contributed by atoms with E-state index in [-0.39, 0.29) is 0 Å². The molecular weight excluding hydrogens is 271 g/mol. The van der Waals surface area contributed by atoms with Crippen molar-refractivity contribution < 1.29 is 13.2 Å². The molecule has 0 radical (unpaired) electrons. The van der Waals surface area contributed by atoms with Crippen molar-refractivity contribution in [2.45, 2.75) is 12.7 Å². The highest BCUT2D eigenvalue weighted by molar-refractivity contribution is 5.29. The average Bonchev–Trinajstić information content (AvgIpc) is 2.40. The summed E-state index contributed by atoms with van der Waals surface area (Å²) < 4.78 is 36.8.